The molecule has 8 aromatic rings. The van der Waals surface area contributed by atoms with Gasteiger partial charge in [-0.2, -0.15) is 10.2 Å². The Morgan fingerprint density at radius 1 is 0.690 bits per heavy atom. The van der Waals surface area contributed by atoms with E-state index >= 15 is 0 Å². The highest BCUT2D eigenvalue weighted by Crippen LogP contribution is 2.31. The van der Waals surface area contributed by atoms with Gasteiger partial charge in [0, 0.05) is 93.1 Å². The van der Waals surface area contributed by atoms with Crippen molar-refractivity contribution in [2.75, 3.05) is 37.8 Å². The van der Waals surface area contributed by atoms with Crippen molar-refractivity contribution in [2.45, 2.75) is 70.6 Å². The zero-order chi connectivity index (χ0) is 50.2. The number of hydrogen-bond acceptors (Lipinski definition) is 13. The van der Waals surface area contributed by atoms with Crippen molar-refractivity contribution in [1.29, 1.82) is 0 Å². The molecular weight excluding hydrogens is 923 g/mol. The van der Waals surface area contributed by atoms with Crippen molar-refractivity contribution in [2.24, 2.45) is 14.1 Å². The first-order valence-electron chi connectivity index (χ1n) is 23.1. The molecule has 10 rings (SSSR count). The number of carbonyl (C=O) groups is 2. The standard InChI is InChI=1S/C29H31N9O2.C21H26N6O3S/c1-29(2,3)40-28(39)36-12-5-6-20(17-36)24-18-38-25(21-14-32-35(4)16-21)15-31-27(38)26(34-24)33-22-7-9-23(10-8-22)37-13-11-30-19-37;1-21(2,3)30-20(28)26-8-6-7-14(12-26)16-13-27-17(15-9-23-25(4)11-15)10-22-18(27)19(24-16)31(5)29/h6-11,13-16,18-19H,5,12,17H2,1-4H3,(H,33,34);7,9-11,13H,6,8,12H2,1-5H3. The average molecular weight is 980 g/mol. The van der Waals surface area contributed by atoms with Crippen molar-refractivity contribution in [3.63, 3.8) is 0 Å². The topological polar surface area (TPSA) is 202 Å². The number of ether oxygens (including phenoxy) is 2. The lowest BCUT2D eigenvalue weighted by Crippen LogP contribution is -2.39. The van der Waals surface area contributed by atoms with Crippen LogP contribution in [0.1, 0.15) is 65.8 Å². The fourth-order valence-corrected chi connectivity index (χ4v) is 8.79. The average Bonchev–Trinajstić information content (AvgIpc) is 4.20. The molecule has 71 heavy (non-hydrogen) atoms. The quantitative estimate of drug-likeness (QED) is 0.154. The lowest BCUT2D eigenvalue weighted by molar-refractivity contribution is 0.0262. The molecule has 2 aliphatic rings. The Bertz CT molecular complexity index is 3330. The Morgan fingerprint density at radius 2 is 1.21 bits per heavy atom. The lowest BCUT2D eigenvalue weighted by Gasteiger charge is -2.30. The van der Waals surface area contributed by atoms with Gasteiger partial charge in [0.25, 0.3) is 0 Å². The van der Waals surface area contributed by atoms with Gasteiger partial charge in [-0.05, 0) is 89.8 Å². The first-order valence-corrected chi connectivity index (χ1v) is 24.7. The molecule has 7 aromatic heterocycles. The number of benzene rings is 1. The van der Waals surface area contributed by atoms with E-state index in [2.05, 4.69) is 42.6 Å². The minimum Gasteiger partial charge on any atom is -0.444 e. The number of carbonyl (C=O) groups excluding carboxylic acids is 2. The van der Waals surface area contributed by atoms with E-state index in [1.54, 1.807) is 50.3 Å². The SMILES string of the molecule is Cn1cc(-c2cnc3c(Nc4ccc(-n5ccnc5)cc4)nc(C4=CCCN(C(=O)OC(C)(C)C)C4)cn23)cn1.Cn1cc(-c2cnc3c(S(C)=O)nc(C4=CCCN(C(=O)OC(C)(C)C)C4)cn23)cn1. The van der Waals surface area contributed by atoms with Gasteiger partial charge in [0.15, 0.2) is 22.1 Å². The molecule has 20 nitrogen and oxygen atoms in total. The highest BCUT2D eigenvalue weighted by atomic mass is 32.2. The summed E-state index contributed by atoms with van der Waals surface area (Å²) in [6.45, 7) is 13.1. The summed E-state index contributed by atoms with van der Waals surface area (Å²) in [5.41, 5.74) is 8.79. The van der Waals surface area contributed by atoms with Crippen LogP contribution < -0.4 is 5.32 Å². The first kappa shape index (κ1) is 48.1. The summed E-state index contributed by atoms with van der Waals surface area (Å²) in [7, 11) is 2.40. The van der Waals surface area contributed by atoms with Gasteiger partial charge in [-0.15, -0.1) is 0 Å². The molecule has 0 spiro atoms. The zero-order valence-electron chi connectivity index (χ0n) is 41.3. The number of aryl methyl sites for hydroxylation is 2. The molecule has 0 saturated heterocycles. The van der Waals surface area contributed by atoms with Crippen molar-refractivity contribution in [3.05, 3.63) is 116 Å². The molecule has 9 heterocycles. The van der Waals surface area contributed by atoms with E-state index < -0.39 is 22.0 Å². The molecule has 2 amide bonds. The molecule has 0 bridgehead atoms. The van der Waals surface area contributed by atoms with Crippen molar-refractivity contribution in [1.82, 2.24) is 67.6 Å². The number of rotatable bonds is 8. The summed E-state index contributed by atoms with van der Waals surface area (Å²) in [4.78, 5) is 51.7. The van der Waals surface area contributed by atoms with E-state index in [9.17, 15) is 13.8 Å². The van der Waals surface area contributed by atoms with Gasteiger partial charge >= 0.3 is 12.2 Å². The molecule has 1 atom stereocenters. The van der Waals surface area contributed by atoms with Crippen molar-refractivity contribution in [3.8, 4) is 28.2 Å². The van der Waals surface area contributed by atoms with Crippen LogP contribution in [0.25, 0.3) is 50.6 Å². The number of hydrogen-bond donors (Lipinski definition) is 1. The Kier molecular flexibility index (Phi) is 13.2. The monoisotopic (exact) mass is 979 g/mol. The van der Waals surface area contributed by atoms with Crippen LogP contribution in [0.15, 0.2) is 110 Å². The summed E-state index contributed by atoms with van der Waals surface area (Å²) >= 11 is 0. The van der Waals surface area contributed by atoms with Gasteiger partial charge in [-0.1, -0.05) is 12.2 Å². The summed E-state index contributed by atoms with van der Waals surface area (Å²) in [5.74, 6) is 0.610. The minimum atomic E-state index is -1.33. The van der Waals surface area contributed by atoms with Crippen LogP contribution >= 0.6 is 0 Å². The molecule has 0 radical (unpaired) electrons. The van der Waals surface area contributed by atoms with E-state index in [4.69, 9.17) is 19.4 Å². The summed E-state index contributed by atoms with van der Waals surface area (Å²) < 4.78 is 33.0. The molecule has 1 aromatic carbocycles. The van der Waals surface area contributed by atoms with E-state index in [1.165, 1.54) is 0 Å². The third-order valence-electron chi connectivity index (χ3n) is 11.4. The lowest BCUT2D eigenvalue weighted by atomic mass is 10.1. The Morgan fingerprint density at radius 3 is 1.69 bits per heavy atom. The summed E-state index contributed by atoms with van der Waals surface area (Å²) in [6.07, 6.45) is 26.8. The largest absolute Gasteiger partial charge is 0.444 e. The second kappa shape index (κ2) is 19.5. The number of aromatic nitrogens is 12. The van der Waals surface area contributed by atoms with Gasteiger partial charge in [-0.3, -0.25) is 22.4 Å². The predicted octanol–water partition coefficient (Wildman–Crippen LogP) is 7.97. The number of nitrogens with zero attached hydrogens (tertiary/aromatic N) is 14. The number of fused-ring (bicyclic) bond motifs is 2. The van der Waals surface area contributed by atoms with E-state index in [-0.39, 0.29) is 12.2 Å². The van der Waals surface area contributed by atoms with Crippen LogP contribution in [0.3, 0.4) is 0 Å². The molecule has 21 heteroatoms. The molecule has 368 valence electrons. The molecule has 0 aliphatic carbocycles. The maximum absolute atomic E-state index is 12.8. The second-order valence-corrected chi connectivity index (χ2v) is 20.6. The van der Waals surface area contributed by atoms with Crippen LogP contribution in [0.4, 0.5) is 21.1 Å². The number of imidazole rings is 3. The Labute approximate surface area is 413 Å². The highest BCUT2D eigenvalue weighted by Gasteiger charge is 2.28. The maximum Gasteiger partial charge on any atom is 0.410 e. The Balaban J connectivity index is 0.000000182. The van der Waals surface area contributed by atoms with Crippen molar-refractivity contribution < 1.29 is 23.3 Å². The van der Waals surface area contributed by atoms with Crippen LogP contribution in [-0.4, -0.2) is 128 Å². The zero-order valence-corrected chi connectivity index (χ0v) is 42.1. The predicted molar refractivity (Wildman–Crippen MR) is 270 cm³/mol. The van der Waals surface area contributed by atoms with Gasteiger partial charge in [0.2, 0.25) is 0 Å². The van der Waals surface area contributed by atoms with Crippen LogP contribution in [-0.2, 0) is 34.4 Å². The number of amides is 2. The smallest absolute Gasteiger partial charge is 0.410 e. The summed E-state index contributed by atoms with van der Waals surface area (Å²) in [6, 6.07) is 8.02. The Hall–Kier alpha value is -7.94. The fraction of sp³-hybridized carbons (Fsp3) is 0.340. The molecular formula is C50H57N15O5S. The molecule has 2 aliphatic heterocycles. The van der Waals surface area contributed by atoms with Crippen LogP contribution in [0.2, 0.25) is 0 Å². The van der Waals surface area contributed by atoms with E-state index in [0.717, 1.165) is 50.7 Å². The van der Waals surface area contributed by atoms with Gasteiger partial charge in [-0.25, -0.2) is 34.5 Å². The molecule has 0 saturated carbocycles. The number of anilines is 2. The third-order valence-corrected chi connectivity index (χ3v) is 12.2. The second-order valence-electron chi connectivity index (χ2n) is 19.3. The van der Waals surface area contributed by atoms with Crippen molar-refractivity contribution >= 4 is 56.9 Å². The van der Waals surface area contributed by atoms with E-state index in [0.29, 0.717) is 66.9 Å². The van der Waals surface area contributed by atoms with Crippen LogP contribution in [0, 0.1) is 0 Å². The maximum atomic E-state index is 12.8. The van der Waals surface area contributed by atoms with E-state index in [1.807, 2.05) is 137 Å². The highest BCUT2D eigenvalue weighted by molar-refractivity contribution is 7.84. The van der Waals surface area contributed by atoms with Crippen LogP contribution in [0.5, 0.6) is 0 Å². The molecule has 1 N–H and O–H groups in total. The fourth-order valence-electron chi connectivity index (χ4n) is 8.16. The summed E-state index contributed by atoms with van der Waals surface area (Å²) in [5, 5.41) is 12.4. The molecule has 1 unspecified atom stereocenters. The third kappa shape index (κ3) is 10.9. The van der Waals surface area contributed by atoms with Gasteiger partial charge < -0.3 is 29.2 Å². The van der Waals surface area contributed by atoms with Gasteiger partial charge in [0.1, 0.15) is 11.2 Å². The normalized spacial score (nSPS) is 14.7. The molecule has 0 fully saturated rings. The first-order chi connectivity index (χ1) is 33.9. The number of nitrogens with one attached hydrogen (secondary N) is 1. The van der Waals surface area contributed by atoms with Gasteiger partial charge in [0.05, 0.1) is 77.8 Å². The minimum absolute atomic E-state index is 0.325.